The molecule has 0 saturated heterocycles. The quantitative estimate of drug-likeness (QED) is 0.663. The molecule has 1 aromatic carbocycles. The predicted octanol–water partition coefficient (Wildman–Crippen LogP) is 2.28. The van der Waals surface area contributed by atoms with Gasteiger partial charge in [0.2, 0.25) is 0 Å². The summed E-state index contributed by atoms with van der Waals surface area (Å²) in [7, 11) is 0. The molecule has 22 heavy (non-hydrogen) atoms. The summed E-state index contributed by atoms with van der Waals surface area (Å²) in [6.07, 6.45) is 1.51. The molecular formula is C16H15NO5. The first kappa shape index (κ1) is 17.0. The lowest BCUT2D eigenvalue weighted by Crippen LogP contribution is -2.00. The summed E-state index contributed by atoms with van der Waals surface area (Å²) in [5.41, 5.74) is 2.85. The highest BCUT2D eigenvalue weighted by molar-refractivity contribution is 5.93. The van der Waals surface area contributed by atoms with E-state index in [-0.39, 0.29) is 18.7 Å². The zero-order chi connectivity index (χ0) is 16.5. The highest BCUT2D eigenvalue weighted by Crippen LogP contribution is 2.19. The van der Waals surface area contributed by atoms with E-state index >= 15 is 0 Å². The number of carbonyl (C=O) groups is 3. The van der Waals surface area contributed by atoms with E-state index in [1.165, 1.54) is 13.1 Å². The van der Waals surface area contributed by atoms with Crippen molar-refractivity contribution in [2.45, 2.75) is 13.3 Å². The maximum atomic E-state index is 11.2. The van der Waals surface area contributed by atoms with Gasteiger partial charge in [0.25, 0.3) is 6.47 Å². The van der Waals surface area contributed by atoms with Crippen molar-refractivity contribution >= 4 is 18.2 Å². The predicted molar refractivity (Wildman–Crippen MR) is 79.7 cm³/mol. The number of carbonyl (C=O) groups excluding carboxylic acids is 1. The van der Waals surface area contributed by atoms with Gasteiger partial charge in [0.15, 0.2) is 5.78 Å². The van der Waals surface area contributed by atoms with Gasteiger partial charge in [-0.15, -0.1) is 0 Å². The topological polar surface area (TPSA) is 105 Å². The van der Waals surface area contributed by atoms with Crippen molar-refractivity contribution in [2.75, 3.05) is 0 Å². The second kappa shape index (κ2) is 8.31. The van der Waals surface area contributed by atoms with E-state index in [2.05, 4.69) is 4.98 Å². The molecule has 0 fully saturated rings. The van der Waals surface area contributed by atoms with E-state index in [4.69, 9.17) is 15.0 Å². The lowest BCUT2D eigenvalue weighted by atomic mass is 10.0. The molecule has 2 aromatic rings. The molecule has 0 saturated carbocycles. The van der Waals surface area contributed by atoms with Crippen LogP contribution >= 0.6 is 0 Å². The van der Waals surface area contributed by atoms with Crippen molar-refractivity contribution in [1.29, 1.82) is 0 Å². The number of carboxylic acid groups (broad SMARTS) is 2. The SMILES string of the molecule is CC(=O)c1ccc(-c2cccc(CC(=O)O)c2)nc1.O=CO. The zero-order valence-electron chi connectivity index (χ0n) is 11.9. The lowest BCUT2D eigenvalue weighted by molar-refractivity contribution is -0.136. The van der Waals surface area contributed by atoms with Crippen LogP contribution in [0.3, 0.4) is 0 Å². The van der Waals surface area contributed by atoms with Gasteiger partial charge in [-0.05, 0) is 30.7 Å². The average molecular weight is 301 g/mol. The van der Waals surface area contributed by atoms with Gasteiger partial charge in [-0.2, -0.15) is 0 Å². The van der Waals surface area contributed by atoms with Crippen LogP contribution in [-0.2, 0) is 16.0 Å². The van der Waals surface area contributed by atoms with Gasteiger partial charge in [0, 0.05) is 17.3 Å². The van der Waals surface area contributed by atoms with Crippen molar-refractivity contribution < 1.29 is 24.6 Å². The van der Waals surface area contributed by atoms with E-state index in [1.54, 1.807) is 30.3 Å². The summed E-state index contributed by atoms with van der Waals surface area (Å²) in [6.45, 7) is 1.24. The van der Waals surface area contributed by atoms with Crippen molar-refractivity contribution in [3.63, 3.8) is 0 Å². The van der Waals surface area contributed by atoms with Crippen LogP contribution in [-0.4, -0.2) is 33.4 Å². The van der Waals surface area contributed by atoms with Crippen molar-refractivity contribution in [3.8, 4) is 11.3 Å². The monoisotopic (exact) mass is 301 g/mol. The number of hydrogen-bond donors (Lipinski definition) is 2. The third-order valence-corrected chi connectivity index (χ3v) is 2.75. The van der Waals surface area contributed by atoms with Crippen LogP contribution in [0.5, 0.6) is 0 Å². The summed E-state index contributed by atoms with van der Waals surface area (Å²) in [5, 5.41) is 15.7. The Hall–Kier alpha value is -3.02. The van der Waals surface area contributed by atoms with Crippen molar-refractivity contribution in [3.05, 3.63) is 53.7 Å². The number of aliphatic carboxylic acids is 1. The van der Waals surface area contributed by atoms with E-state index in [0.29, 0.717) is 5.56 Å². The van der Waals surface area contributed by atoms with Crippen LogP contribution in [0.25, 0.3) is 11.3 Å². The standard InChI is InChI=1S/C15H13NO3.CH2O2/c1-10(17)13-5-6-14(16-9-13)12-4-2-3-11(7-12)8-15(18)19;2-1-3/h2-7,9H,8H2,1H3,(H,18,19);1H,(H,2,3). The minimum absolute atomic E-state index is 0.0145. The molecule has 2 rings (SSSR count). The second-order valence-electron chi connectivity index (χ2n) is 4.36. The number of aromatic nitrogens is 1. The highest BCUT2D eigenvalue weighted by Gasteiger charge is 2.05. The Morgan fingerprint density at radius 2 is 1.91 bits per heavy atom. The summed E-state index contributed by atoms with van der Waals surface area (Å²) >= 11 is 0. The molecule has 1 heterocycles. The minimum atomic E-state index is -0.864. The van der Waals surface area contributed by atoms with Crippen LogP contribution < -0.4 is 0 Å². The Bertz CT molecular complexity index is 664. The van der Waals surface area contributed by atoms with Gasteiger partial charge in [-0.1, -0.05) is 18.2 Å². The molecule has 6 nitrogen and oxygen atoms in total. The fourth-order valence-electron chi connectivity index (χ4n) is 1.79. The average Bonchev–Trinajstić information content (AvgIpc) is 2.48. The molecule has 0 amide bonds. The fraction of sp³-hybridized carbons (Fsp3) is 0.125. The van der Waals surface area contributed by atoms with Crippen molar-refractivity contribution in [2.24, 2.45) is 0 Å². The highest BCUT2D eigenvalue weighted by atomic mass is 16.4. The molecule has 6 heteroatoms. The molecule has 0 atom stereocenters. The maximum Gasteiger partial charge on any atom is 0.307 e. The van der Waals surface area contributed by atoms with E-state index in [1.807, 2.05) is 6.07 Å². The molecule has 2 N–H and O–H groups in total. The Morgan fingerprint density at radius 3 is 2.41 bits per heavy atom. The largest absolute Gasteiger partial charge is 0.483 e. The second-order valence-corrected chi connectivity index (χ2v) is 4.36. The molecule has 0 aliphatic heterocycles. The normalized spacial score (nSPS) is 9.32. The van der Waals surface area contributed by atoms with Crippen LogP contribution in [0.15, 0.2) is 42.6 Å². The Kier molecular flexibility index (Phi) is 6.43. The van der Waals surface area contributed by atoms with Gasteiger partial charge >= 0.3 is 5.97 Å². The number of rotatable bonds is 4. The smallest absolute Gasteiger partial charge is 0.307 e. The summed E-state index contributed by atoms with van der Waals surface area (Å²) in [4.78, 5) is 34.4. The molecular weight excluding hydrogens is 286 g/mol. The first-order chi connectivity index (χ1) is 10.5. The van der Waals surface area contributed by atoms with Gasteiger partial charge in [0.1, 0.15) is 0 Å². The van der Waals surface area contributed by atoms with Gasteiger partial charge in [-0.3, -0.25) is 19.4 Å². The van der Waals surface area contributed by atoms with Crippen LogP contribution in [0.1, 0.15) is 22.8 Å². The third kappa shape index (κ3) is 5.16. The number of Topliss-reactive ketones (excluding diaryl/α,β-unsaturated/α-hetero) is 1. The van der Waals surface area contributed by atoms with E-state index in [9.17, 15) is 9.59 Å². The third-order valence-electron chi connectivity index (χ3n) is 2.75. The van der Waals surface area contributed by atoms with E-state index in [0.717, 1.165) is 16.8 Å². The lowest BCUT2D eigenvalue weighted by Gasteiger charge is -2.04. The minimum Gasteiger partial charge on any atom is -0.483 e. The summed E-state index contributed by atoms with van der Waals surface area (Å²) in [5.74, 6) is -0.893. The van der Waals surface area contributed by atoms with Crippen LogP contribution in [0, 0.1) is 0 Å². The fourth-order valence-corrected chi connectivity index (χ4v) is 1.79. The summed E-state index contributed by atoms with van der Waals surface area (Å²) < 4.78 is 0. The van der Waals surface area contributed by atoms with E-state index < -0.39 is 5.97 Å². The molecule has 0 aliphatic carbocycles. The first-order valence-corrected chi connectivity index (χ1v) is 6.34. The molecule has 1 aromatic heterocycles. The number of benzene rings is 1. The molecule has 0 unspecified atom stereocenters. The molecule has 0 spiro atoms. The van der Waals surface area contributed by atoms with Gasteiger partial charge in [-0.25, -0.2) is 0 Å². The first-order valence-electron chi connectivity index (χ1n) is 6.34. The van der Waals surface area contributed by atoms with Crippen LogP contribution in [0.4, 0.5) is 0 Å². The summed E-state index contributed by atoms with van der Waals surface area (Å²) in [6, 6.07) is 10.7. The Balaban J connectivity index is 0.000000745. The molecule has 114 valence electrons. The Labute approximate surface area is 127 Å². The Morgan fingerprint density at radius 1 is 1.23 bits per heavy atom. The molecule has 0 bridgehead atoms. The number of hydrogen-bond acceptors (Lipinski definition) is 4. The molecule has 0 aliphatic rings. The number of carboxylic acids is 1. The van der Waals surface area contributed by atoms with Gasteiger partial charge < -0.3 is 10.2 Å². The number of nitrogens with zero attached hydrogens (tertiary/aromatic N) is 1. The van der Waals surface area contributed by atoms with Gasteiger partial charge in [0.05, 0.1) is 12.1 Å². The zero-order valence-corrected chi connectivity index (χ0v) is 11.9. The molecule has 0 radical (unpaired) electrons. The van der Waals surface area contributed by atoms with Crippen molar-refractivity contribution in [1.82, 2.24) is 4.98 Å². The van der Waals surface area contributed by atoms with Crippen LogP contribution in [0.2, 0.25) is 0 Å². The number of pyridine rings is 1. The number of ketones is 1. The maximum absolute atomic E-state index is 11.2.